The lowest BCUT2D eigenvalue weighted by atomic mass is 9.94. The first-order chi connectivity index (χ1) is 20.1. The monoisotopic (exact) mass is 597 g/mol. The van der Waals surface area contributed by atoms with Crippen LogP contribution in [0.1, 0.15) is 49.8 Å². The second kappa shape index (κ2) is 11.0. The van der Waals surface area contributed by atoms with E-state index >= 15 is 0 Å². The summed E-state index contributed by atoms with van der Waals surface area (Å²) in [5, 5.41) is 2.58. The van der Waals surface area contributed by atoms with Crippen molar-refractivity contribution in [1.29, 1.82) is 0 Å². The number of benzene rings is 2. The fraction of sp³-hybridized carbons (Fsp3) is 0.400. The molecular weight excluding hydrogens is 567 g/mol. The lowest BCUT2D eigenvalue weighted by Gasteiger charge is -2.40. The van der Waals surface area contributed by atoms with Gasteiger partial charge in [0.25, 0.3) is 11.8 Å². The summed E-state index contributed by atoms with van der Waals surface area (Å²) in [5.41, 5.74) is 2.05. The van der Waals surface area contributed by atoms with Crippen molar-refractivity contribution in [2.45, 2.75) is 32.5 Å². The van der Waals surface area contributed by atoms with E-state index < -0.39 is 11.7 Å². The molecule has 220 valence electrons. The normalized spacial score (nSPS) is 19.5. The van der Waals surface area contributed by atoms with Gasteiger partial charge in [0.05, 0.1) is 34.8 Å². The highest BCUT2D eigenvalue weighted by molar-refractivity contribution is 7.09. The van der Waals surface area contributed by atoms with Crippen LogP contribution in [0.25, 0.3) is 0 Å². The molecule has 4 heterocycles. The molecule has 3 aromatic rings. The first-order valence-corrected chi connectivity index (χ1v) is 14.8. The van der Waals surface area contributed by atoms with Crippen LogP contribution in [0.3, 0.4) is 0 Å². The maximum atomic E-state index is 13.6. The Morgan fingerprint density at radius 2 is 1.76 bits per heavy atom. The summed E-state index contributed by atoms with van der Waals surface area (Å²) in [6, 6.07) is 10.6. The Labute approximate surface area is 245 Å². The van der Waals surface area contributed by atoms with E-state index in [0.717, 1.165) is 24.2 Å². The number of hydrogen-bond donors (Lipinski definition) is 0. The first kappa shape index (κ1) is 28.2. The van der Waals surface area contributed by atoms with Crippen LogP contribution in [0, 0.1) is 12.8 Å². The molecule has 2 fully saturated rings. The quantitative estimate of drug-likeness (QED) is 0.392. The number of aromatic nitrogens is 1. The van der Waals surface area contributed by atoms with Crippen molar-refractivity contribution in [3.05, 3.63) is 75.2 Å². The van der Waals surface area contributed by atoms with Gasteiger partial charge in [-0.1, -0.05) is 12.1 Å². The molecule has 6 rings (SSSR count). The number of rotatable bonds is 5. The van der Waals surface area contributed by atoms with Crippen LogP contribution in [-0.4, -0.2) is 71.8 Å². The van der Waals surface area contributed by atoms with E-state index in [2.05, 4.69) is 4.98 Å². The summed E-state index contributed by atoms with van der Waals surface area (Å²) in [6.45, 7) is 4.81. The number of amides is 3. The molecule has 0 N–H and O–H groups in total. The van der Waals surface area contributed by atoms with Crippen LogP contribution >= 0.6 is 11.3 Å². The average Bonchev–Trinajstić information content (AvgIpc) is 3.52. The van der Waals surface area contributed by atoms with Gasteiger partial charge >= 0.3 is 6.18 Å². The molecule has 3 amide bonds. The largest absolute Gasteiger partial charge is 0.416 e. The molecule has 0 bridgehead atoms. The van der Waals surface area contributed by atoms with Gasteiger partial charge in [-0.05, 0) is 50.1 Å². The molecule has 8 nitrogen and oxygen atoms in total. The highest BCUT2D eigenvalue weighted by Gasteiger charge is 2.40. The van der Waals surface area contributed by atoms with Crippen molar-refractivity contribution in [3.63, 3.8) is 0 Å². The molecule has 0 unspecified atom stereocenters. The summed E-state index contributed by atoms with van der Waals surface area (Å²) in [6.07, 6.45) is -2.94. The average molecular weight is 598 g/mol. The molecule has 2 saturated heterocycles. The topological polar surface area (TPSA) is 77.1 Å². The van der Waals surface area contributed by atoms with E-state index in [9.17, 15) is 27.6 Å². The minimum absolute atomic E-state index is 0.0131. The second-order valence-electron chi connectivity index (χ2n) is 10.9. The Hall–Kier alpha value is -3.93. The minimum atomic E-state index is -4.41. The maximum Gasteiger partial charge on any atom is 0.416 e. The summed E-state index contributed by atoms with van der Waals surface area (Å²) < 4.78 is 39.5. The minimum Gasteiger partial charge on any atom is -0.370 e. The summed E-state index contributed by atoms with van der Waals surface area (Å²) in [4.78, 5) is 51.6. The van der Waals surface area contributed by atoms with Gasteiger partial charge in [-0.15, -0.1) is 11.3 Å². The second-order valence-corrected chi connectivity index (χ2v) is 11.9. The van der Waals surface area contributed by atoms with Crippen LogP contribution in [0.4, 0.5) is 24.5 Å². The number of piperazine rings is 1. The fourth-order valence-corrected chi connectivity index (χ4v) is 6.81. The molecule has 1 aromatic heterocycles. The number of hydrogen-bond acceptors (Lipinski definition) is 7. The molecule has 3 aliphatic heterocycles. The Morgan fingerprint density at radius 3 is 2.48 bits per heavy atom. The number of imide groups is 1. The highest BCUT2D eigenvalue weighted by atomic mass is 32.1. The molecule has 42 heavy (non-hydrogen) atoms. The Kier molecular flexibility index (Phi) is 7.42. The first-order valence-electron chi connectivity index (χ1n) is 14.0. The van der Waals surface area contributed by atoms with E-state index in [4.69, 9.17) is 0 Å². The Balaban J connectivity index is 1.12. The highest BCUT2D eigenvalue weighted by Crippen LogP contribution is 2.36. The predicted octanol–water partition coefficient (Wildman–Crippen LogP) is 4.83. The summed E-state index contributed by atoms with van der Waals surface area (Å²) >= 11 is 1.41. The molecule has 0 aliphatic carbocycles. The van der Waals surface area contributed by atoms with Crippen molar-refractivity contribution in [2.24, 2.45) is 5.92 Å². The molecular formula is C30H30F3N5O3S. The van der Waals surface area contributed by atoms with Crippen molar-refractivity contribution in [3.8, 4) is 0 Å². The van der Waals surface area contributed by atoms with Gasteiger partial charge < -0.3 is 14.7 Å². The lowest BCUT2D eigenvalue weighted by Crippen LogP contribution is -2.52. The number of alkyl halides is 3. The van der Waals surface area contributed by atoms with Crippen LogP contribution in [0.2, 0.25) is 0 Å². The summed E-state index contributed by atoms with van der Waals surface area (Å²) in [5.74, 6) is -0.957. The number of aryl methyl sites for hydroxylation is 1. The summed E-state index contributed by atoms with van der Waals surface area (Å²) in [7, 11) is 0. The third-order valence-corrected chi connectivity index (χ3v) is 9.13. The van der Waals surface area contributed by atoms with E-state index in [1.165, 1.54) is 22.3 Å². The van der Waals surface area contributed by atoms with Crippen molar-refractivity contribution < 1.29 is 27.6 Å². The number of nitrogens with zero attached hydrogens (tertiary/aromatic N) is 5. The van der Waals surface area contributed by atoms with Gasteiger partial charge in [0.1, 0.15) is 5.01 Å². The van der Waals surface area contributed by atoms with Gasteiger partial charge in [-0.2, -0.15) is 13.2 Å². The van der Waals surface area contributed by atoms with Crippen molar-refractivity contribution >= 4 is 40.4 Å². The fourth-order valence-electron chi connectivity index (χ4n) is 6.05. The number of piperidine rings is 1. The standard InChI is InChI=1S/C30H30F3N5O3S/c1-19-18-42-25(34-19)17-38-28(40)23-8-3-9-24(26(23)29(38)41)37-10-4-5-20(16-37)27(39)36-13-11-35(12-14-36)22-7-2-6-21(15-22)30(31,32)33/h2-3,6-9,15,18,20H,4-5,10-14,16-17H2,1H3/t20-/m1/s1. The van der Waals surface area contributed by atoms with E-state index in [-0.39, 0.29) is 30.2 Å². The zero-order valence-corrected chi connectivity index (χ0v) is 23.9. The third-order valence-electron chi connectivity index (χ3n) is 8.18. The number of halogens is 3. The van der Waals surface area contributed by atoms with Gasteiger partial charge in [0, 0.05) is 56.0 Å². The molecule has 0 saturated carbocycles. The van der Waals surface area contributed by atoms with E-state index in [1.807, 2.05) is 28.2 Å². The Bertz CT molecular complexity index is 1530. The van der Waals surface area contributed by atoms with Gasteiger partial charge in [-0.3, -0.25) is 19.3 Å². The number of fused-ring (bicyclic) bond motifs is 1. The molecule has 3 aliphatic rings. The van der Waals surface area contributed by atoms with Crippen LogP contribution in [0.15, 0.2) is 47.8 Å². The van der Waals surface area contributed by atoms with Gasteiger partial charge in [0.15, 0.2) is 0 Å². The SMILES string of the molecule is Cc1csc(CN2C(=O)c3cccc(N4CCC[C@@H](C(=O)N5CCN(c6cccc(C(F)(F)F)c6)CC5)C4)c3C2=O)n1. The Morgan fingerprint density at radius 1 is 1.00 bits per heavy atom. The molecule has 2 aromatic carbocycles. The van der Waals surface area contributed by atoms with Crippen LogP contribution in [-0.2, 0) is 17.5 Å². The number of anilines is 2. The predicted molar refractivity (Wildman–Crippen MR) is 153 cm³/mol. The number of thiazole rings is 1. The molecule has 1 atom stereocenters. The van der Waals surface area contributed by atoms with Gasteiger partial charge in [-0.25, -0.2) is 4.98 Å². The van der Waals surface area contributed by atoms with E-state index in [0.29, 0.717) is 73.2 Å². The smallest absolute Gasteiger partial charge is 0.370 e. The maximum absolute atomic E-state index is 13.6. The third kappa shape index (κ3) is 5.35. The van der Waals surface area contributed by atoms with Crippen LogP contribution < -0.4 is 9.80 Å². The number of carbonyl (C=O) groups is 3. The number of carbonyl (C=O) groups excluding carboxylic acids is 3. The zero-order chi connectivity index (χ0) is 29.6. The molecule has 12 heteroatoms. The lowest BCUT2D eigenvalue weighted by molar-refractivity contribution is -0.137. The molecule has 0 radical (unpaired) electrons. The van der Waals surface area contributed by atoms with Crippen LogP contribution in [0.5, 0.6) is 0 Å². The van der Waals surface area contributed by atoms with Crippen molar-refractivity contribution in [2.75, 3.05) is 49.1 Å². The van der Waals surface area contributed by atoms with Gasteiger partial charge in [0.2, 0.25) is 5.91 Å². The van der Waals surface area contributed by atoms with Crippen molar-refractivity contribution in [1.82, 2.24) is 14.8 Å². The molecule has 0 spiro atoms. The zero-order valence-electron chi connectivity index (χ0n) is 23.1. The van der Waals surface area contributed by atoms with E-state index in [1.54, 1.807) is 23.1 Å².